The molecule has 0 atom stereocenters. The molecule has 0 fully saturated rings. The van der Waals surface area contributed by atoms with Crippen LogP contribution in [0.5, 0.6) is 5.75 Å². The predicted octanol–water partition coefficient (Wildman–Crippen LogP) is 6.01. The number of hydrogen-bond acceptors (Lipinski definition) is 2. The first kappa shape index (κ1) is 18.4. The van der Waals surface area contributed by atoms with Gasteiger partial charge < -0.3 is 9.84 Å². The average Bonchev–Trinajstić information content (AvgIpc) is 2.46. The molecule has 0 saturated heterocycles. The van der Waals surface area contributed by atoms with Gasteiger partial charge in [0.2, 0.25) is 0 Å². The summed E-state index contributed by atoms with van der Waals surface area (Å²) < 4.78 is 6.39. The molecule has 23 heavy (non-hydrogen) atoms. The van der Waals surface area contributed by atoms with E-state index in [-0.39, 0.29) is 13.0 Å². The van der Waals surface area contributed by atoms with E-state index in [1.807, 2.05) is 0 Å². The summed E-state index contributed by atoms with van der Waals surface area (Å²) in [6.07, 6.45) is 0.445. The zero-order chi connectivity index (χ0) is 17.0. The topological polar surface area (TPSA) is 46.5 Å². The standard InChI is InChI=1S/C16H12BrCl3O3/c17-12-5-9(1-4-15(21)22)6-14(20)16(12)23-8-10-2-3-11(18)7-13(10)19/h2-3,5-7H,1,4,8H2,(H,21,22). The normalized spacial score (nSPS) is 10.6. The van der Waals surface area contributed by atoms with Gasteiger partial charge in [-0.25, -0.2) is 0 Å². The van der Waals surface area contributed by atoms with Gasteiger partial charge in [-0.05, 0) is 52.2 Å². The van der Waals surface area contributed by atoms with Crippen LogP contribution >= 0.6 is 50.7 Å². The van der Waals surface area contributed by atoms with Crippen molar-refractivity contribution in [1.82, 2.24) is 0 Å². The van der Waals surface area contributed by atoms with Gasteiger partial charge in [0.1, 0.15) is 6.61 Å². The van der Waals surface area contributed by atoms with Crippen molar-refractivity contribution < 1.29 is 14.6 Å². The van der Waals surface area contributed by atoms with Gasteiger partial charge in [-0.3, -0.25) is 4.79 Å². The molecule has 0 unspecified atom stereocenters. The molecule has 2 rings (SSSR count). The van der Waals surface area contributed by atoms with Crippen LogP contribution in [0.25, 0.3) is 0 Å². The number of ether oxygens (including phenoxy) is 1. The lowest BCUT2D eigenvalue weighted by Crippen LogP contribution is -2.00. The third-order valence-corrected chi connectivity index (χ3v) is 4.53. The van der Waals surface area contributed by atoms with Gasteiger partial charge in [0.25, 0.3) is 0 Å². The van der Waals surface area contributed by atoms with Crippen LogP contribution in [0.15, 0.2) is 34.8 Å². The molecule has 1 N–H and O–H groups in total. The Morgan fingerprint density at radius 3 is 2.48 bits per heavy atom. The van der Waals surface area contributed by atoms with E-state index in [0.29, 0.717) is 31.7 Å². The number of hydrogen-bond donors (Lipinski definition) is 1. The van der Waals surface area contributed by atoms with Crippen LogP contribution in [0, 0.1) is 0 Å². The molecule has 0 spiro atoms. The van der Waals surface area contributed by atoms with Gasteiger partial charge in [0, 0.05) is 22.0 Å². The molecule has 0 amide bonds. The minimum atomic E-state index is -0.852. The molecule has 0 aliphatic rings. The second kappa shape index (κ2) is 8.25. The molecule has 0 aliphatic carbocycles. The molecule has 0 saturated carbocycles. The highest BCUT2D eigenvalue weighted by atomic mass is 79.9. The number of carbonyl (C=O) groups is 1. The van der Waals surface area contributed by atoms with Crippen LogP contribution in [0.2, 0.25) is 15.1 Å². The van der Waals surface area contributed by atoms with Crippen molar-refractivity contribution in [3.05, 3.63) is 61.0 Å². The molecule has 0 radical (unpaired) electrons. The fourth-order valence-corrected chi connectivity index (χ4v) is 3.43. The molecule has 0 bridgehead atoms. The maximum Gasteiger partial charge on any atom is 0.303 e. The van der Waals surface area contributed by atoms with Crippen molar-refractivity contribution in [3.63, 3.8) is 0 Å². The van der Waals surface area contributed by atoms with Crippen molar-refractivity contribution in [2.45, 2.75) is 19.4 Å². The monoisotopic (exact) mass is 436 g/mol. The molecular weight excluding hydrogens is 426 g/mol. The van der Waals surface area contributed by atoms with Crippen LogP contribution in [-0.4, -0.2) is 11.1 Å². The largest absolute Gasteiger partial charge is 0.486 e. The second-order valence-electron chi connectivity index (χ2n) is 4.81. The van der Waals surface area contributed by atoms with Crippen LogP contribution in [-0.2, 0) is 17.8 Å². The maximum atomic E-state index is 10.6. The summed E-state index contributed by atoms with van der Waals surface area (Å²) in [5.41, 5.74) is 1.61. The number of halogens is 4. The lowest BCUT2D eigenvalue weighted by molar-refractivity contribution is -0.136. The molecular formula is C16H12BrCl3O3. The number of carboxylic acid groups (broad SMARTS) is 1. The van der Waals surface area contributed by atoms with Crippen molar-refractivity contribution in [1.29, 1.82) is 0 Å². The number of aryl methyl sites for hydroxylation is 1. The Balaban J connectivity index is 2.12. The Bertz CT molecular complexity index is 712. The molecule has 122 valence electrons. The maximum absolute atomic E-state index is 10.6. The van der Waals surface area contributed by atoms with E-state index in [1.165, 1.54) is 0 Å². The van der Waals surface area contributed by atoms with Crippen molar-refractivity contribution >= 4 is 56.7 Å². The van der Waals surface area contributed by atoms with Crippen LogP contribution in [0.1, 0.15) is 17.5 Å². The first-order valence-electron chi connectivity index (χ1n) is 6.63. The van der Waals surface area contributed by atoms with E-state index in [9.17, 15) is 4.79 Å². The number of benzene rings is 2. The Kier molecular flexibility index (Phi) is 6.60. The number of rotatable bonds is 6. The summed E-state index contributed by atoms with van der Waals surface area (Å²) in [4.78, 5) is 10.6. The summed E-state index contributed by atoms with van der Waals surface area (Å²) >= 11 is 21.6. The Morgan fingerprint density at radius 1 is 1.13 bits per heavy atom. The first-order chi connectivity index (χ1) is 10.9. The van der Waals surface area contributed by atoms with E-state index in [4.69, 9.17) is 44.6 Å². The van der Waals surface area contributed by atoms with Gasteiger partial charge in [-0.1, -0.05) is 40.9 Å². The van der Waals surface area contributed by atoms with Gasteiger partial charge in [-0.2, -0.15) is 0 Å². The molecule has 7 heteroatoms. The first-order valence-corrected chi connectivity index (χ1v) is 8.56. The number of carboxylic acids is 1. The molecule has 2 aromatic carbocycles. The Labute approximate surface area is 157 Å². The van der Waals surface area contributed by atoms with Gasteiger partial charge >= 0.3 is 5.97 Å². The smallest absolute Gasteiger partial charge is 0.303 e. The quantitative estimate of drug-likeness (QED) is 0.601. The van der Waals surface area contributed by atoms with Crippen molar-refractivity contribution in [3.8, 4) is 5.75 Å². The van der Waals surface area contributed by atoms with E-state index >= 15 is 0 Å². The highest BCUT2D eigenvalue weighted by molar-refractivity contribution is 9.10. The molecule has 0 heterocycles. The highest BCUT2D eigenvalue weighted by Crippen LogP contribution is 2.36. The Morgan fingerprint density at radius 2 is 1.87 bits per heavy atom. The summed E-state index contributed by atoms with van der Waals surface area (Å²) in [5.74, 6) is -0.369. The van der Waals surface area contributed by atoms with Crippen LogP contribution in [0.3, 0.4) is 0 Å². The van der Waals surface area contributed by atoms with Crippen LogP contribution in [0.4, 0.5) is 0 Å². The second-order valence-corrected chi connectivity index (χ2v) is 6.91. The fourth-order valence-electron chi connectivity index (χ4n) is 1.93. The van der Waals surface area contributed by atoms with Crippen molar-refractivity contribution in [2.75, 3.05) is 0 Å². The summed E-state index contributed by atoms with van der Waals surface area (Å²) in [6, 6.07) is 8.67. The highest BCUT2D eigenvalue weighted by Gasteiger charge is 2.12. The van der Waals surface area contributed by atoms with E-state index in [1.54, 1.807) is 30.3 Å². The summed E-state index contributed by atoms with van der Waals surface area (Å²) in [7, 11) is 0. The molecule has 0 aromatic heterocycles. The number of aliphatic carboxylic acids is 1. The average molecular weight is 439 g/mol. The van der Waals surface area contributed by atoms with E-state index < -0.39 is 5.97 Å². The third kappa shape index (κ3) is 5.28. The zero-order valence-electron chi connectivity index (χ0n) is 11.8. The van der Waals surface area contributed by atoms with Gasteiger partial charge in [0.05, 0.1) is 9.50 Å². The van der Waals surface area contributed by atoms with E-state index in [0.717, 1.165) is 11.1 Å². The minimum absolute atomic E-state index is 0.0450. The zero-order valence-corrected chi connectivity index (χ0v) is 15.6. The lowest BCUT2D eigenvalue weighted by Gasteiger charge is -2.13. The lowest BCUT2D eigenvalue weighted by atomic mass is 10.1. The van der Waals surface area contributed by atoms with Crippen LogP contribution < -0.4 is 4.74 Å². The van der Waals surface area contributed by atoms with Crippen molar-refractivity contribution in [2.24, 2.45) is 0 Å². The summed E-state index contributed by atoms with van der Waals surface area (Å²) in [6.45, 7) is 0.239. The Hall–Kier alpha value is -0.940. The summed E-state index contributed by atoms with van der Waals surface area (Å²) in [5, 5.41) is 10.2. The predicted molar refractivity (Wildman–Crippen MR) is 95.9 cm³/mol. The third-order valence-electron chi connectivity index (χ3n) is 3.07. The molecule has 2 aromatic rings. The van der Waals surface area contributed by atoms with Gasteiger partial charge in [-0.15, -0.1) is 0 Å². The van der Waals surface area contributed by atoms with Gasteiger partial charge in [0.15, 0.2) is 5.75 Å². The minimum Gasteiger partial charge on any atom is -0.486 e. The van der Waals surface area contributed by atoms with E-state index in [2.05, 4.69) is 15.9 Å². The molecule has 0 aliphatic heterocycles. The SMILES string of the molecule is O=C(O)CCc1cc(Cl)c(OCc2ccc(Cl)cc2Cl)c(Br)c1. The molecule has 3 nitrogen and oxygen atoms in total. The fraction of sp³-hybridized carbons (Fsp3) is 0.188.